The van der Waals surface area contributed by atoms with Crippen LogP contribution in [0.3, 0.4) is 0 Å². The van der Waals surface area contributed by atoms with Crippen LogP contribution in [0.25, 0.3) is 0 Å². The predicted octanol–water partition coefficient (Wildman–Crippen LogP) is 4.21. The number of hydrogen-bond donors (Lipinski definition) is 12. The van der Waals surface area contributed by atoms with E-state index in [1.807, 2.05) is 13.0 Å². The lowest BCUT2D eigenvalue weighted by Crippen LogP contribution is -2.66. The van der Waals surface area contributed by atoms with Crippen molar-refractivity contribution in [1.82, 2.24) is 5.32 Å². The van der Waals surface area contributed by atoms with E-state index in [-0.39, 0.29) is 18.9 Å². The van der Waals surface area contributed by atoms with Crippen LogP contribution < -0.4 is 5.32 Å². The maximum Gasteiger partial charge on any atom is 0.220 e. The maximum atomic E-state index is 13.2. The molecule has 0 aromatic heterocycles. The van der Waals surface area contributed by atoms with Crippen LogP contribution in [0.1, 0.15) is 200 Å². The summed E-state index contributed by atoms with van der Waals surface area (Å²) in [5.74, 6) is -0.282. The monoisotopic (exact) mass is 1070 g/mol. The normalized spacial score (nSPS) is 31.5. The van der Waals surface area contributed by atoms with Crippen LogP contribution in [0.4, 0.5) is 0 Å². The molecular formula is C55H103NO18. The second-order valence-electron chi connectivity index (χ2n) is 21.1. The first-order valence-electron chi connectivity index (χ1n) is 28.9. The molecule has 0 bridgehead atoms. The second-order valence-corrected chi connectivity index (χ2v) is 21.1. The van der Waals surface area contributed by atoms with E-state index in [1.54, 1.807) is 6.08 Å². The van der Waals surface area contributed by atoms with E-state index < -0.39 is 124 Å². The third-order valence-corrected chi connectivity index (χ3v) is 14.8. The van der Waals surface area contributed by atoms with E-state index in [9.17, 15) is 61.0 Å². The van der Waals surface area contributed by atoms with Crippen molar-refractivity contribution in [1.29, 1.82) is 0 Å². The number of carbonyl (C=O) groups is 1. The molecule has 3 rings (SSSR count). The molecule has 3 aliphatic heterocycles. The molecule has 3 aliphatic rings. The molecular weight excluding hydrogens is 963 g/mol. The van der Waals surface area contributed by atoms with Gasteiger partial charge in [-0.3, -0.25) is 4.79 Å². The highest BCUT2D eigenvalue weighted by Gasteiger charge is 2.53. The van der Waals surface area contributed by atoms with E-state index in [2.05, 4.69) is 12.2 Å². The van der Waals surface area contributed by atoms with Gasteiger partial charge in [0.1, 0.15) is 73.2 Å². The fourth-order valence-corrected chi connectivity index (χ4v) is 10.0. The summed E-state index contributed by atoms with van der Waals surface area (Å²) in [6.45, 7) is 1.55. The molecule has 0 aromatic carbocycles. The summed E-state index contributed by atoms with van der Waals surface area (Å²) in [7, 11) is 0. The summed E-state index contributed by atoms with van der Waals surface area (Å²) in [5.41, 5.74) is 0. The van der Waals surface area contributed by atoms with Crippen molar-refractivity contribution < 1.29 is 89.4 Å². The standard InChI is InChI=1S/C55H103NO18/c1-3-5-7-9-10-11-12-13-14-15-16-17-18-19-20-21-22-23-24-25-26-27-28-29-31-33-43(61)56-38(39(60)32-30-8-6-4-2)37-69-53-49(67)46(64)51(41(35-58)71-53)74-55-50(68)47(65)52(42(36-59)72-55)73-54-48(66)45(63)44(62)40(34-57)70-54/h30,32,38-42,44-55,57-60,62-68H,3-29,31,33-37H2,1-2H3,(H,56,61)/b32-30+. The third kappa shape index (κ3) is 24.3. The van der Waals surface area contributed by atoms with E-state index in [0.29, 0.717) is 12.8 Å². The van der Waals surface area contributed by atoms with Gasteiger partial charge in [0.2, 0.25) is 5.91 Å². The lowest BCUT2D eigenvalue weighted by Gasteiger charge is -2.48. The van der Waals surface area contributed by atoms with Gasteiger partial charge in [-0.15, -0.1) is 0 Å². The summed E-state index contributed by atoms with van der Waals surface area (Å²) in [5, 5.41) is 119. The number of allylic oxidation sites excluding steroid dienone is 1. The molecule has 3 heterocycles. The first-order valence-corrected chi connectivity index (χ1v) is 28.9. The van der Waals surface area contributed by atoms with Crippen molar-refractivity contribution in [2.75, 3.05) is 26.4 Å². The molecule has 19 nitrogen and oxygen atoms in total. The number of aliphatic hydroxyl groups is 11. The van der Waals surface area contributed by atoms with Gasteiger partial charge in [-0.1, -0.05) is 193 Å². The van der Waals surface area contributed by atoms with Gasteiger partial charge < -0.3 is 89.9 Å². The molecule has 3 saturated heterocycles. The minimum Gasteiger partial charge on any atom is -0.394 e. The van der Waals surface area contributed by atoms with Gasteiger partial charge in [-0.05, 0) is 12.8 Å². The molecule has 17 unspecified atom stereocenters. The highest BCUT2D eigenvalue weighted by molar-refractivity contribution is 5.76. The molecule has 0 aliphatic carbocycles. The molecule has 19 heteroatoms. The number of amides is 1. The number of nitrogens with one attached hydrogen (secondary N) is 1. The molecule has 74 heavy (non-hydrogen) atoms. The minimum absolute atomic E-state index is 0.247. The number of ether oxygens (including phenoxy) is 6. The van der Waals surface area contributed by atoms with Crippen LogP contribution in [0.15, 0.2) is 12.2 Å². The zero-order valence-corrected chi connectivity index (χ0v) is 45.1. The summed E-state index contributed by atoms with van der Waals surface area (Å²) >= 11 is 0. The largest absolute Gasteiger partial charge is 0.394 e. The molecule has 3 fully saturated rings. The van der Waals surface area contributed by atoms with Crippen LogP contribution in [0.2, 0.25) is 0 Å². The maximum absolute atomic E-state index is 13.2. The minimum atomic E-state index is -1.97. The Kier molecular flexibility index (Phi) is 35.9. The van der Waals surface area contributed by atoms with Crippen molar-refractivity contribution >= 4 is 5.91 Å². The van der Waals surface area contributed by atoms with E-state index >= 15 is 0 Å². The number of rotatable bonds is 42. The topological polar surface area (TPSA) is 307 Å². The molecule has 436 valence electrons. The van der Waals surface area contributed by atoms with Crippen LogP contribution in [-0.4, -0.2) is 193 Å². The average molecular weight is 1070 g/mol. The Hall–Kier alpha value is -1.47. The molecule has 0 radical (unpaired) electrons. The van der Waals surface area contributed by atoms with E-state index in [0.717, 1.165) is 32.1 Å². The Morgan fingerprint density at radius 1 is 0.473 bits per heavy atom. The summed E-state index contributed by atoms with van der Waals surface area (Å²) < 4.78 is 34.0. The van der Waals surface area contributed by atoms with Gasteiger partial charge in [-0.25, -0.2) is 0 Å². The van der Waals surface area contributed by atoms with Crippen LogP contribution in [0.5, 0.6) is 0 Å². The lowest BCUT2D eigenvalue weighted by molar-refractivity contribution is -0.379. The summed E-state index contributed by atoms with van der Waals surface area (Å²) in [4.78, 5) is 13.2. The molecule has 17 atom stereocenters. The zero-order valence-electron chi connectivity index (χ0n) is 45.1. The van der Waals surface area contributed by atoms with Crippen LogP contribution in [-0.2, 0) is 33.2 Å². The van der Waals surface area contributed by atoms with E-state index in [1.165, 1.54) is 135 Å². The second kappa shape index (κ2) is 39.8. The van der Waals surface area contributed by atoms with Crippen molar-refractivity contribution in [2.24, 2.45) is 0 Å². The van der Waals surface area contributed by atoms with Gasteiger partial charge in [0.25, 0.3) is 0 Å². The molecule has 0 spiro atoms. The molecule has 0 saturated carbocycles. The molecule has 1 amide bonds. The smallest absolute Gasteiger partial charge is 0.220 e. The first-order chi connectivity index (χ1) is 35.8. The Labute approximate surface area is 442 Å². The van der Waals surface area contributed by atoms with Crippen LogP contribution >= 0.6 is 0 Å². The fourth-order valence-electron chi connectivity index (χ4n) is 10.0. The van der Waals surface area contributed by atoms with Crippen LogP contribution in [0, 0.1) is 0 Å². The third-order valence-electron chi connectivity index (χ3n) is 14.8. The predicted molar refractivity (Wildman–Crippen MR) is 277 cm³/mol. The van der Waals surface area contributed by atoms with E-state index in [4.69, 9.17) is 28.4 Å². The Morgan fingerprint density at radius 3 is 1.26 bits per heavy atom. The summed E-state index contributed by atoms with van der Waals surface area (Å²) in [6.07, 6.45) is 11.8. The van der Waals surface area contributed by atoms with Gasteiger partial charge in [0, 0.05) is 6.42 Å². The lowest BCUT2D eigenvalue weighted by atomic mass is 9.96. The van der Waals surface area contributed by atoms with Crippen molar-refractivity contribution in [3.63, 3.8) is 0 Å². The zero-order chi connectivity index (χ0) is 54.1. The van der Waals surface area contributed by atoms with Gasteiger partial charge in [0.05, 0.1) is 38.6 Å². The Bertz CT molecular complexity index is 1410. The highest BCUT2D eigenvalue weighted by atomic mass is 16.8. The Balaban J connectivity index is 1.35. The fraction of sp³-hybridized carbons (Fsp3) is 0.945. The van der Waals surface area contributed by atoms with Gasteiger partial charge in [0.15, 0.2) is 18.9 Å². The van der Waals surface area contributed by atoms with Gasteiger partial charge in [-0.2, -0.15) is 0 Å². The number of hydrogen-bond acceptors (Lipinski definition) is 18. The van der Waals surface area contributed by atoms with Crippen molar-refractivity contribution in [2.45, 2.75) is 304 Å². The van der Waals surface area contributed by atoms with Crippen molar-refractivity contribution in [3.05, 3.63) is 12.2 Å². The first kappa shape index (κ1) is 66.8. The SMILES string of the molecule is CCCC/C=C/C(O)C(COC1OC(CO)C(OC2OC(CO)C(OC3OC(CO)C(O)C(O)C3O)C(O)C2O)C(O)C1O)NC(=O)CCCCCCCCCCCCCCCCCCCCCCCCCCC. The number of aliphatic hydroxyl groups excluding tert-OH is 11. The molecule has 0 aromatic rings. The quantitative estimate of drug-likeness (QED) is 0.0301. The number of unbranched alkanes of at least 4 members (excludes halogenated alkanes) is 26. The summed E-state index contributed by atoms with van der Waals surface area (Å²) in [6, 6.07) is -0.963. The van der Waals surface area contributed by atoms with Crippen molar-refractivity contribution in [3.8, 4) is 0 Å². The average Bonchev–Trinajstić information content (AvgIpc) is 3.40. The van der Waals surface area contributed by atoms with Gasteiger partial charge >= 0.3 is 0 Å². The highest BCUT2D eigenvalue weighted by Crippen LogP contribution is 2.33. The Morgan fingerprint density at radius 2 is 0.838 bits per heavy atom. The molecule has 12 N–H and O–H groups in total. The number of carbonyl (C=O) groups excluding carboxylic acids is 1.